The van der Waals surface area contributed by atoms with Crippen LogP contribution in [0.5, 0.6) is 0 Å². The molecule has 0 radical (unpaired) electrons. The normalized spacial score (nSPS) is 11.5. The maximum atomic E-state index is 13.6. The highest BCUT2D eigenvalue weighted by atomic mass is 32.2. The first-order valence-electron chi connectivity index (χ1n) is 7.39. The summed E-state index contributed by atoms with van der Waals surface area (Å²) < 4.78 is 39.9. The Balaban J connectivity index is 2.59. The van der Waals surface area contributed by atoms with Crippen molar-refractivity contribution in [3.05, 3.63) is 29.6 Å². The number of halogens is 1. The summed E-state index contributed by atoms with van der Waals surface area (Å²) in [6, 6.07) is 2.55. The molecular weight excluding hydrogens is 309 g/mol. The van der Waals surface area contributed by atoms with Gasteiger partial charge in [-0.3, -0.25) is 0 Å². The minimum Gasteiger partial charge on any atom is -0.545 e. The highest BCUT2D eigenvalue weighted by molar-refractivity contribution is 7.89. The molecule has 1 N–H and O–H groups in total. The number of nitrogens with one attached hydrogen (secondary N) is 1. The molecular formula is C15H21FNO4S-. The third-order valence-corrected chi connectivity index (χ3v) is 4.75. The minimum atomic E-state index is -4.06. The third kappa shape index (κ3) is 5.73. The van der Waals surface area contributed by atoms with Crippen molar-refractivity contribution < 1.29 is 22.7 Å². The predicted octanol–water partition coefficient (Wildman–Crippen LogP) is 1.83. The van der Waals surface area contributed by atoms with Gasteiger partial charge in [-0.15, -0.1) is 0 Å². The zero-order chi connectivity index (χ0) is 16.6. The fraction of sp³-hybridized carbons (Fsp3) is 0.533. The van der Waals surface area contributed by atoms with Crippen LogP contribution < -0.4 is 9.83 Å². The Morgan fingerprint density at radius 3 is 2.45 bits per heavy atom. The second kappa shape index (κ2) is 8.85. The Kier molecular flexibility index (Phi) is 7.47. The number of carboxylic acid groups (broad SMARTS) is 1. The fourth-order valence-corrected chi connectivity index (χ4v) is 3.20. The van der Waals surface area contributed by atoms with Gasteiger partial charge >= 0.3 is 0 Å². The molecule has 1 aromatic rings. The number of sulfonamides is 1. The number of hydrogen-bond acceptors (Lipinski definition) is 4. The van der Waals surface area contributed by atoms with Crippen molar-refractivity contribution in [2.75, 3.05) is 6.54 Å². The quantitative estimate of drug-likeness (QED) is 0.663. The minimum absolute atomic E-state index is 0.198. The summed E-state index contributed by atoms with van der Waals surface area (Å²) in [6.45, 7) is 2.31. The lowest BCUT2D eigenvalue weighted by Gasteiger charge is -2.10. The summed E-state index contributed by atoms with van der Waals surface area (Å²) in [7, 11) is -4.06. The van der Waals surface area contributed by atoms with Crippen LogP contribution in [0.25, 0.3) is 0 Å². The van der Waals surface area contributed by atoms with Crippen molar-refractivity contribution in [3.63, 3.8) is 0 Å². The molecule has 22 heavy (non-hydrogen) atoms. The van der Waals surface area contributed by atoms with Gasteiger partial charge in [0, 0.05) is 6.54 Å². The molecule has 0 spiro atoms. The van der Waals surface area contributed by atoms with Gasteiger partial charge < -0.3 is 9.90 Å². The molecule has 0 unspecified atom stereocenters. The first kappa shape index (κ1) is 18.6. The average molecular weight is 330 g/mol. The molecule has 7 heteroatoms. The van der Waals surface area contributed by atoms with Gasteiger partial charge in [-0.1, -0.05) is 45.1 Å². The molecule has 0 amide bonds. The van der Waals surface area contributed by atoms with E-state index < -0.39 is 26.7 Å². The summed E-state index contributed by atoms with van der Waals surface area (Å²) in [5.41, 5.74) is -0.374. The Labute approximate surface area is 130 Å². The molecule has 0 saturated heterocycles. The molecule has 1 rings (SSSR count). The second-order valence-electron chi connectivity index (χ2n) is 5.10. The van der Waals surface area contributed by atoms with Gasteiger partial charge in [0.25, 0.3) is 0 Å². The molecule has 0 aliphatic carbocycles. The number of hydrogen-bond donors (Lipinski definition) is 1. The van der Waals surface area contributed by atoms with Gasteiger partial charge in [0.05, 0.1) is 5.97 Å². The number of aromatic carboxylic acids is 1. The largest absolute Gasteiger partial charge is 0.545 e. The molecule has 0 aromatic heterocycles. The summed E-state index contributed by atoms with van der Waals surface area (Å²) >= 11 is 0. The topological polar surface area (TPSA) is 86.3 Å². The second-order valence-corrected chi connectivity index (χ2v) is 6.83. The number of unbranched alkanes of at least 4 members (excludes halogenated alkanes) is 5. The van der Waals surface area contributed by atoms with E-state index in [1.807, 2.05) is 0 Å². The number of rotatable bonds is 10. The van der Waals surface area contributed by atoms with Crippen LogP contribution in [0.4, 0.5) is 4.39 Å². The number of benzene rings is 1. The highest BCUT2D eigenvalue weighted by Crippen LogP contribution is 2.16. The van der Waals surface area contributed by atoms with Crippen molar-refractivity contribution in [1.29, 1.82) is 0 Å². The van der Waals surface area contributed by atoms with Crippen molar-refractivity contribution in [2.24, 2.45) is 0 Å². The molecule has 124 valence electrons. The van der Waals surface area contributed by atoms with E-state index in [1.54, 1.807) is 0 Å². The van der Waals surface area contributed by atoms with Gasteiger partial charge in [-0.05, 0) is 24.1 Å². The van der Waals surface area contributed by atoms with Gasteiger partial charge in [0.1, 0.15) is 10.7 Å². The van der Waals surface area contributed by atoms with Crippen LogP contribution in [-0.4, -0.2) is 20.9 Å². The van der Waals surface area contributed by atoms with Crippen LogP contribution in [0.2, 0.25) is 0 Å². The van der Waals surface area contributed by atoms with E-state index in [4.69, 9.17) is 0 Å². The summed E-state index contributed by atoms with van der Waals surface area (Å²) in [5, 5.41) is 10.7. The van der Waals surface area contributed by atoms with Crippen LogP contribution in [0.3, 0.4) is 0 Å². The lowest BCUT2D eigenvalue weighted by atomic mass is 10.1. The lowest BCUT2D eigenvalue weighted by molar-refractivity contribution is -0.255. The monoisotopic (exact) mass is 330 g/mol. The van der Waals surface area contributed by atoms with Gasteiger partial charge in [0.2, 0.25) is 10.0 Å². The first-order chi connectivity index (χ1) is 10.4. The molecule has 0 fully saturated rings. The SMILES string of the molecule is CCCCCCCCNS(=O)(=O)c1cc(C(=O)[O-])ccc1F. The smallest absolute Gasteiger partial charge is 0.243 e. The van der Waals surface area contributed by atoms with Crippen molar-refractivity contribution in [2.45, 2.75) is 50.3 Å². The zero-order valence-corrected chi connectivity index (χ0v) is 13.4. The fourth-order valence-electron chi connectivity index (χ4n) is 2.03. The Morgan fingerprint density at radius 2 is 1.82 bits per heavy atom. The average Bonchev–Trinajstić information content (AvgIpc) is 2.46. The zero-order valence-electron chi connectivity index (χ0n) is 12.6. The van der Waals surface area contributed by atoms with E-state index in [2.05, 4.69) is 11.6 Å². The molecule has 0 heterocycles. The van der Waals surface area contributed by atoms with Crippen molar-refractivity contribution in [1.82, 2.24) is 4.72 Å². The van der Waals surface area contributed by atoms with Crippen LogP contribution >= 0.6 is 0 Å². The first-order valence-corrected chi connectivity index (χ1v) is 8.87. The van der Waals surface area contributed by atoms with Crippen molar-refractivity contribution in [3.8, 4) is 0 Å². The third-order valence-electron chi connectivity index (χ3n) is 3.28. The van der Waals surface area contributed by atoms with E-state index in [0.717, 1.165) is 50.3 Å². The number of carbonyl (C=O) groups excluding carboxylic acids is 1. The van der Waals surface area contributed by atoms with Gasteiger partial charge in [0.15, 0.2) is 0 Å². The maximum absolute atomic E-state index is 13.6. The van der Waals surface area contributed by atoms with Crippen LogP contribution in [0.15, 0.2) is 23.1 Å². The van der Waals surface area contributed by atoms with Crippen LogP contribution in [-0.2, 0) is 10.0 Å². The Hall–Kier alpha value is -1.47. The van der Waals surface area contributed by atoms with Crippen molar-refractivity contribution >= 4 is 16.0 Å². The molecule has 0 saturated carbocycles. The standard InChI is InChI=1S/C15H22FNO4S/c1-2-3-4-5-6-7-10-17-22(20,21)14-11-12(15(18)19)8-9-13(14)16/h8-9,11,17H,2-7,10H2,1H3,(H,18,19)/p-1. The maximum Gasteiger partial charge on any atom is 0.243 e. The molecule has 0 aliphatic rings. The lowest BCUT2D eigenvalue weighted by Crippen LogP contribution is -2.27. The molecule has 5 nitrogen and oxygen atoms in total. The molecule has 0 aliphatic heterocycles. The predicted molar refractivity (Wildman–Crippen MR) is 79.3 cm³/mol. The summed E-state index contributed by atoms with van der Waals surface area (Å²) in [4.78, 5) is 10.1. The summed E-state index contributed by atoms with van der Waals surface area (Å²) in [6.07, 6.45) is 6.00. The van der Waals surface area contributed by atoms with E-state index >= 15 is 0 Å². The highest BCUT2D eigenvalue weighted by Gasteiger charge is 2.19. The van der Waals surface area contributed by atoms with E-state index in [-0.39, 0.29) is 12.1 Å². The Bertz CT molecular complexity index is 602. The Morgan fingerprint density at radius 1 is 1.18 bits per heavy atom. The van der Waals surface area contributed by atoms with Crippen LogP contribution in [0, 0.1) is 5.82 Å². The molecule has 0 atom stereocenters. The number of carbonyl (C=O) groups is 1. The molecule has 0 bridgehead atoms. The van der Waals surface area contributed by atoms with Crippen LogP contribution in [0.1, 0.15) is 55.8 Å². The van der Waals surface area contributed by atoms with E-state index in [0.29, 0.717) is 6.42 Å². The molecule has 1 aromatic carbocycles. The van der Waals surface area contributed by atoms with Gasteiger partial charge in [-0.2, -0.15) is 0 Å². The van der Waals surface area contributed by atoms with Gasteiger partial charge in [-0.25, -0.2) is 17.5 Å². The van der Waals surface area contributed by atoms with E-state index in [1.165, 1.54) is 0 Å². The summed E-state index contributed by atoms with van der Waals surface area (Å²) in [5.74, 6) is -2.53. The van der Waals surface area contributed by atoms with E-state index in [9.17, 15) is 22.7 Å². The number of carboxylic acids is 1.